The molecule has 0 bridgehead atoms. The van der Waals surface area contributed by atoms with Crippen molar-refractivity contribution in [3.8, 4) is 11.3 Å². The van der Waals surface area contributed by atoms with Crippen molar-refractivity contribution in [3.63, 3.8) is 0 Å². The molecule has 9 nitrogen and oxygen atoms in total. The zero-order valence-electron chi connectivity index (χ0n) is 18.1. The minimum Gasteiger partial charge on any atom is -0.350 e. The van der Waals surface area contributed by atoms with Gasteiger partial charge in [0.1, 0.15) is 0 Å². The number of nitrogens with zero attached hydrogens (tertiary/aromatic N) is 3. The number of pyridine rings is 1. The number of rotatable bonds is 6. The molecule has 3 heterocycles. The highest BCUT2D eigenvalue weighted by Gasteiger charge is 2.23. The molecule has 4 rings (SSSR count). The van der Waals surface area contributed by atoms with Gasteiger partial charge in [-0.3, -0.25) is 19.3 Å². The molecule has 1 unspecified atom stereocenters. The van der Waals surface area contributed by atoms with Crippen LogP contribution >= 0.6 is 11.3 Å². The first-order valence-electron chi connectivity index (χ1n) is 9.95. The Morgan fingerprint density at radius 1 is 1.09 bits per heavy atom. The smallest absolute Gasteiger partial charge is 0.278 e. The summed E-state index contributed by atoms with van der Waals surface area (Å²) in [7, 11) is -3.63. The van der Waals surface area contributed by atoms with Gasteiger partial charge in [-0.25, -0.2) is 18.4 Å². The Morgan fingerprint density at radius 3 is 2.48 bits per heavy atom. The van der Waals surface area contributed by atoms with Crippen LogP contribution in [-0.2, 0) is 14.6 Å². The van der Waals surface area contributed by atoms with Crippen molar-refractivity contribution in [1.82, 2.24) is 19.7 Å². The van der Waals surface area contributed by atoms with Crippen molar-refractivity contribution >= 4 is 43.6 Å². The highest BCUT2D eigenvalue weighted by molar-refractivity contribution is 7.90. The van der Waals surface area contributed by atoms with Crippen molar-refractivity contribution in [1.29, 1.82) is 0 Å². The minimum absolute atomic E-state index is 0.00378. The van der Waals surface area contributed by atoms with Gasteiger partial charge < -0.3 is 5.32 Å². The highest BCUT2D eigenvalue weighted by atomic mass is 32.2. The SMILES string of the molecule is CC(=O)NC(C)c1ccc(-c2csc(NC(=O)c3nc(S(C)(=O)=O)n4ccccc34)n2)cc1. The van der Waals surface area contributed by atoms with Gasteiger partial charge in [0.15, 0.2) is 10.8 Å². The molecule has 1 atom stereocenters. The summed E-state index contributed by atoms with van der Waals surface area (Å²) in [4.78, 5) is 32.7. The molecule has 2 amide bonds. The topological polar surface area (TPSA) is 123 Å². The molecule has 11 heteroatoms. The molecular formula is C22H21N5O4S2. The number of sulfone groups is 1. The number of aromatic nitrogens is 3. The van der Waals surface area contributed by atoms with E-state index in [1.807, 2.05) is 36.6 Å². The van der Waals surface area contributed by atoms with Gasteiger partial charge in [-0.2, -0.15) is 0 Å². The lowest BCUT2D eigenvalue weighted by molar-refractivity contribution is -0.119. The Bertz CT molecular complexity index is 1460. The summed E-state index contributed by atoms with van der Waals surface area (Å²) in [6.07, 6.45) is 2.60. The second-order valence-electron chi connectivity index (χ2n) is 7.51. The van der Waals surface area contributed by atoms with E-state index in [1.54, 1.807) is 24.4 Å². The lowest BCUT2D eigenvalue weighted by atomic mass is 10.1. The van der Waals surface area contributed by atoms with Gasteiger partial charge >= 0.3 is 0 Å². The summed E-state index contributed by atoms with van der Waals surface area (Å²) in [6, 6.07) is 12.5. The first kappa shape index (κ1) is 22.6. The third kappa shape index (κ3) is 4.78. The summed E-state index contributed by atoms with van der Waals surface area (Å²) in [5, 5.41) is 7.53. The first-order valence-corrected chi connectivity index (χ1v) is 12.7. The number of imidazole rings is 1. The molecule has 0 aliphatic rings. The maximum atomic E-state index is 12.9. The van der Waals surface area contributed by atoms with E-state index in [9.17, 15) is 18.0 Å². The van der Waals surface area contributed by atoms with Crippen molar-refractivity contribution in [2.75, 3.05) is 11.6 Å². The summed E-state index contributed by atoms with van der Waals surface area (Å²) in [6.45, 7) is 3.38. The summed E-state index contributed by atoms with van der Waals surface area (Å²) < 4.78 is 25.5. The van der Waals surface area contributed by atoms with E-state index in [0.717, 1.165) is 17.4 Å². The predicted molar refractivity (Wildman–Crippen MR) is 126 cm³/mol. The Balaban J connectivity index is 1.55. The number of hydrogen-bond donors (Lipinski definition) is 2. The molecular weight excluding hydrogens is 462 g/mol. The first-order chi connectivity index (χ1) is 15.6. The van der Waals surface area contributed by atoms with Crippen molar-refractivity contribution in [2.45, 2.75) is 25.0 Å². The van der Waals surface area contributed by atoms with Gasteiger partial charge in [0.05, 0.1) is 17.3 Å². The third-order valence-electron chi connectivity index (χ3n) is 4.91. The largest absolute Gasteiger partial charge is 0.350 e. The minimum atomic E-state index is -3.63. The number of carbonyl (C=O) groups is 2. The number of hydrogen-bond acceptors (Lipinski definition) is 7. The van der Waals surface area contributed by atoms with Crippen LogP contribution in [-0.4, -0.2) is 40.9 Å². The van der Waals surface area contributed by atoms with Gasteiger partial charge in [-0.1, -0.05) is 30.3 Å². The average Bonchev–Trinajstić information content (AvgIpc) is 3.38. The van der Waals surface area contributed by atoms with Crippen LogP contribution in [0.4, 0.5) is 5.13 Å². The molecule has 0 radical (unpaired) electrons. The van der Waals surface area contributed by atoms with E-state index in [0.29, 0.717) is 16.3 Å². The highest BCUT2D eigenvalue weighted by Crippen LogP contribution is 2.27. The molecule has 4 aromatic rings. The summed E-state index contributed by atoms with van der Waals surface area (Å²) >= 11 is 1.25. The molecule has 3 aromatic heterocycles. The van der Waals surface area contributed by atoms with E-state index in [4.69, 9.17) is 0 Å². The van der Waals surface area contributed by atoms with E-state index >= 15 is 0 Å². The predicted octanol–water partition coefficient (Wildman–Crippen LogP) is 3.31. The van der Waals surface area contributed by atoms with Crippen LogP contribution in [0.25, 0.3) is 16.8 Å². The van der Waals surface area contributed by atoms with Crippen LogP contribution in [0.2, 0.25) is 0 Å². The Kier molecular flexibility index (Phi) is 6.00. The van der Waals surface area contributed by atoms with E-state index in [1.165, 1.54) is 22.7 Å². The molecule has 0 fully saturated rings. The molecule has 2 N–H and O–H groups in total. The number of benzene rings is 1. The number of nitrogens with one attached hydrogen (secondary N) is 2. The molecule has 0 aliphatic heterocycles. The normalized spacial score (nSPS) is 12.5. The molecule has 1 aromatic carbocycles. The zero-order chi connectivity index (χ0) is 23.8. The zero-order valence-corrected chi connectivity index (χ0v) is 19.7. The molecule has 33 heavy (non-hydrogen) atoms. The lowest BCUT2D eigenvalue weighted by Crippen LogP contribution is -2.23. The summed E-state index contributed by atoms with van der Waals surface area (Å²) in [5.41, 5.74) is 2.89. The number of thiazole rings is 1. The average molecular weight is 484 g/mol. The van der Waals surface area contributed by atoms with Crippen LogP contribution in [0, 0.1) is 0 Å². The van der Waals surface area contributed by atoms with Gasteiger partial charge in [0, 0.05) is 30.3 Å². The van der Waals surface area contributed by atoms with Crippen molar-refractivity contribution < 1.29 is 18.0 Å². The van der Waals surface area contributed by atoms with E-state index in [2.05, 4.69) is 20.6 Å². The van der Waals surface area contributed by atoms with E-state index < -0.39 is 15.7 Å². The third-order valence-corrected chi connectivity index (χ3v) is 6.62. The van der Waals surface area contributed by atoms with Gasteiger partial charge in [-0.05, 0) is 24.6 Å². The molecule has 0 aliphatic carbocycles. The van der Waals surface area contributed by atoms with Crippen LogP contribution in [0.15, 0.2) is 59.2 Å². The Labute approximate surface area is 194 Å². The van der Waals surface area contributed by atoms with E-state index in [-0.39, 0.29) is 22.8 Å². The Morgan fingerprint density at radius 2 is 1.82 bits per heavy atom. The Hall–Kier alpha value is -3.57. The van der Waals surface area contributed by atoms with Gasteiger partial charge in [0.2, 0.25) is 20.9 Å². The number of anilines is 1. The second kappa shape index (κ2) is 8.75. The quantitative estimate of drug-likeness (QED) is 0.434. The second-order valence-corrected chi connectivity index (χ2v) is 10.3. The van der Waals surface area contributed by atoms with Crippen LogP contribution in [0.5, 0.6) is 0 Å². The van der Waals surface area contributed by atoms with Crippen LogP contribution in [0.3, 0.4) is 0 Å². The standard InChI is InChI=1S/C22H21N5O4S2/c1-13(23-14(2)28)15-7-9-16(10-8-15)17-12-32-21(24-17)26-20(29)19-18-6-4-5-11-27(18)22(25-19)33(3,30)31/h4-13H,1-3H3,(H,23,28)(H,24,26,29). The number of amides is 2. The fourth-order valence-corrected chi connectivity index (χ4v) is 4.88. The maximum Gasteiger partial charge on any atom is 0.278 e. The fraction of sp³-hybridized carbons (Fsp3) is 0.182. The fourth-order valence-electron chi connectivity index (χ4n) is 3.39. The summed E-state index contributed by atoms with van der Waals surface area (Å²) in [5.74, 6) is -0.644. The lowest BCUT2D eigenvalue weighted by Gasteiger charge is -2.12. The maximum absolute atomic E-state index is 12.9. The molecule has 0 saturated carbocycles. The monoisotopic (exact) mass is 483 g/mol. The van der Waals surface area contributed by atoms with Gasteiger partial charge in [-0.15, -0.1) is 11.3 Å². The molecule has 0 saturated heterocycles. The number of fused-ring (bicyclic) bond motifs is 1. The van der Waals surface area contributed by atoms with Crippen LogP contribution in [0.1, 0.15) is 35.9 Å². The van der Waals surface area contributed by atoms with Crippen molar-refractivity contribution in [3.05, 3.63) is 65.3 Å². The van der Waals surface area contributed by atoms with Crippen molar-refractivity contribution in [2.24, 2.45) is 0 Å². The number of carbonyl (C=O) groups excluding carboxylic acids is 2. The van der Waals surface area contributed by atoms with Crippen LogP contribution < -0.4 is 10.6 Å². The molecule has 170 valence electrons. The van der Waals surface area contributed by atoms with Gasteiger partial charge in [0.25, 0.3) is 5.91 Å². The molecule has 0 spiro atoms.